The van der Waals surface area contributed by atoms with Gasteiger partial charge >= 0.3 is 0 Å². The van der Waals surface area contributed by atoms with Crippen molar-refractivity contribution in [2.75, 3.05) is 41.3 Å². The number of piperazine rings is 1. The van der Waals surface area contributed by atoms with Crippen LogP contribution in [0.5, 0.6) is 0 Å². The quantitative estimate of drug-likeness (QED) is 0.705. The molecule has 0 bridgehead atoms. The summed E-state index contributed by atoms with van der Waals surface area (Å²) >= 11 is 0. The Balaban J connectivity index is 1.41. The van der Waals surface area contributed by atoms with Crippen molar-refractivity contribution in [1.82, 2.24) is 9.97 Å². The van der Waals surface area contributed by atoms with Gasteiger partial charge in [0, 0.05) is 50.2 Å². The maximum atomic E-state index is 4.79. The molecule has 1 aliphatic heterocycles. The van der Waals surface area contributed by atoms with E-state index < -0.39 is 0 Å². The minimum absolute atomic E-state index is 0.697. The molecule has 150 valence electrons. The van der Waals surface area contributed by atoms with Crippen LogP contribution in [-0.4, -0.2) is 36.1 Å². The Kier molecular flexibility index (Phi) is 5.65. The Hall–Kier alpha value is -3.08. The van der Waals surface area contributed by atoms with E-state index in [2.05, 4.69) is 88.5 Å². The summed E-state index contributed by atoms with van der Waals surface area (Å²) in [6.07, 6.45) is 0. The van der Waals surface area contributed by atoms with Gasteiger partial charge in [-0.05, 0) is 44.0 Å². The minimum Gasteiger partial charge on any atom is -0.368 e. The molecule has 29 heavy (non-hydrogen) atoms. The molecule has 0 radical (unpaired) electrons. The average Bonchev–Trinajstić information content (AvgIpc) is 2.72. The third-order valence-corrected chi connectivity index (χ3v) is 5.34. The van der Waals surface area contributed by atoms with Crippen molar-refractivity contribution in [1.29, 1.82) is 0 Å². The predicted molar refractivity (Wildman–Crippen MR) is 121 cm³/mol. The van der Waals surface area contributed by atoms with Crippen LogP contribution in [0.1, 0.15) is 22.4 Å². The monoisotopic (exact) mass is 387 g/mol. The highest BCUT2D eigenvalue weighted by atomic mass is 15.3. The first-order chi connectivity index (χ1) is 14.1. The minimum atomic E-state index is 0.697. The van der Waals surface area contributed by atoms with Crippen LogP contribution >= 0.6 is 0 Å². The summed E-state index contributed by atoms with van der Waals surface area (Å²) in [5.74, 6) is 1.70. The van der Waals surface area contributed by atoms with E-state index in [9.17, 15) is 0 Å². The Bertz CT molecular complexity index is 977. The zero-order chi connectivity index (χ0) is 20.2. The number of nitrogens with zero attached hydrogens (tertiary/aromatic N) is 4. The van der Waals surface area contributed by atoms with Crippen molar-refractivity contribution >= 4 is 17.5 Å². The molecule has 1 fully saturated rings. The summed E-state index contributed by atoms with van der Waals surface area (Å²) in [5, 5.41) is 3.39. The number of benzene rings is 2. The molecule has 2 heterocycles. The van der Waals surface area contributed by atoms with Crippen molar-refractivity contribution in [3.63, 3.8) is 0 Å². The van der Waals surface area contributed by atoms with Gasteiger partial charge in [-0.15, -0.1) is 0 Å². The molecule has 0 spiro atoms. The second-order valence-corrected chi connectivity index (χ2v) is 7.85. The molecule has 3 aromatic rings. The summed E-state index contributed by atoms with van der Waals surface area (Å²) in [6, 6.07) is 19.3. The van der Waals surface area contributed by atoms with E-state index in [-0.39, 0.29) is 0 Å². The molecule has 0 amide bonds. The van der Waals surface area contributed by atoms with E-state index in [1.54, 1.807) is 0 Å². The lowest BCUT2D eigenvalue weighted by Gasteiger charge is -2.37. The Morgan fingerprint density at radius 1 is 0.793 bits per heavy atom. The molecule has 5 nitrogen and oxygen atoms in total. The molecule has 1 N–H and O–H groups in total. The number of hydrogen-bond acceptors (Lipinski definition) is 5. The van der Waals surface area contributed by atoms with Gasteiger partial charge in [0.25, 0.3) is 0 Å². The number of nitrogens with one attached hydrogen (secondary N) is 1. The highest BCUT2D eigenvalue weighted by Gasteiger charge is 2.19. The molecule has 4 rings (SSSR count). The zero-order valence-electron chi connectivity index (χ0n) is 17.5. The topological polar surface area (TPSA) is 44.3 Å². The van der Waals surface area contributed by atoms with E-state index in [4.69, 9.17) is 4.98 Å². The fourth-order valence-corrected chi connectivity index (χ4v) is 3.81. The summed E-state index contributed by atoms with van der Waals surface area (Å²) in [5.41, 5.74) is 6.11. The molecule has 0 saturated carbocycles. The molecule has 0 atom stereocenters. The highest BCUT2D eigenvalue weighted by molar-refractivity contribution is 5.52. The van der Waals surface area contributed by atoms with Crippen LogP contribution in [-0.2, 0) is 6.54 Å². The molecule has 2 aromatic carbocycles. The van der Waals surface area contributed by atoms with Crippen LogP contribution in [0.25, 0.3) is 0 Å². The van der Waals surface area contributed by atoms with Gasteiger partial charge in [-0.3, -0.25) is 0 Å². The van der Waals surface area contributed by atoms with E-state index in [0.29, 0.717) is 5.95 Å². The first-order valence-electron chi connectivity index (χ1n) is 10.3. The fourth-order valence-electron chi connectivity index (χ4n) is 3.81. The lowest BCUT2D eigenvalue weighted by molar-refractivity contribution is 0.646. The summed E-state index contributed by atoms with van der Waals surface area (Å²) < 4.78 is 0. The first kappa shape index (κ1) is 19.2. The van der Waals surface area contributed by atoms with E-state index >= 15 is 0 Å². The number of aromatic nitrogens is 2. The second kappa shape index (κ2) is 8.52. The van der Waals surface area contributed by atoms with Crippen molar-refractivity contribution in [3.8, 4) is 0 Å². The van der Waals surface area contributed by atoms with Crippen LogP contribution in [0.15, 0.2) is 54.6 Å². The van der Waals surface area contributed by atoms with E-state index in [1.165, 1.54) is 22.4 Å². The van der Waals surface area contributed by atoms with Crippen LogP contribution < -0.4 is 15.1 Å². The highest BCUT2D eigenvalue weighted by Crippen LogP contribution is 2.21. The third kappa shape index (κ3) is 4.86. The Morgan fingerprint density at radius 3 is 2.21 bits per heavy atom. The smallest absolute Gasteiger partial charge is 0.225 e. The van der Waals surface area contributed by atoms with Gasteiger partial charge in [-0.2, -0.15) is 4.98 Å². The molecule has 1 aliphatic rings. The molecule has 0 aliphatic carbocycles. The molecular weight excluding hydrogens is 358 g/mol. The van der Waals surface area contributed by atoms with Crippen LogP contribution in [0.2, 0.25) is 0 Å². The largest absolute Gasteiger partial charge is 0.368 e. The fraction of sp³-hybridized carbons (Fsp3) is 0.333. The normalized spacial score (nSPS) is 14.2. The SMILES string of the molecule is Cc1cccc(CNc2nc(C)cc(N3CCN(c4cccc(C)c4)CC3)n2)c1. The number of aryl methyl sites for hydroxylation is 3. The maximum Gasteiger partial charge on any atom is 0.225 e. The van der Waals surface area contributed by atoms with Crippen molar-refractivity contribution < 1.29 is 0 Å². The first-order valence-corrected chi connectivity index (χ1v) is 10.3. The maximum absolute atomic E-state index is 4.79. The van der Waals surface area contributed by atoms with Crippen molar-refractivity contribution in [3.05, 3.63) is 77.0 Å². The molecule has 1 saturated heterocycles. The Labute approximate surface area is 173 Å². The lowest BCUT2D eigenvalue weighted by Crippen LogP contribution is -2.47. The van der Waals surface area contributed by atoms with Gasteiger partial charge in [-0.1, -0.05) is 42.0 Å². The standard InChI is InChI=1S/C24H29N5/c1-18-6-4-8-21(14-18)17-25-24-26-20(3)16-23(27-24)29-12-10-28(11-13-29)22-9-5-7-19(2)15-22/h4-9,14-16H,10-13,17H2,1-3H3,(H,25,26,27). The van der Waals surface area contributed by atoms with Gasteiger partial charge < -0.3 is 15.1 Å². The van der Waals surface area contributed by atoms with Gasteiger partial charge in [0.15, 0.2) is 0 Å². The summed E-state index contributed by atoms with van der Waals surface area (Å²) in [7, 11) is 0. The van der Waals surface area contributed by atoms with Gasteiger partial charge in [0.05, 0.1) is 0 Å². The zero-order valence-corrected chi connectivity index (χ0v) is 17.5. The summed E-state index contributed by atoms with van der Waals surface area (Å²) in [6.45, 7) is 10.9. The van der Waals surface area contributed by atoms with Gasteiger partial charge in [-0.25, -0.2) is 4.98 Å². The second-order valence-electron chi connectivity index (χ2n) is 7.85. The van der Waals surface area contributed by atoms with Crippen LogP contribution in [0.4, 0.5) is 17.5 Å². The van der Waals surface area contributed by atoms with Gasteiger partial charge in [0.1, 0.15) is 5.82 Å². The lowest BCUT2D eigenvalue weighted by atomic mass is 10.1. The number of anilines is 3. The molecule has 1 aromatic heterocycles. The average molecular weight is 388 g/mol. The third-order valence-electron chi connectivity index (χ3n) is 5.34. The number of hydrogen-bond donors (Lipinski definition) is 1. The van der Waals surface area contributed by atoms with Crippen LogP contribution in [0, 0.1) is 20.8 Å². The molecule has 0 unspecified atom stereocenters. The molecular formula is C24H29N5. The van der Waals surface area contributed by atoms with Crippen molar-refractivity contribution in [2.24, 2.45) is 0 Å². The predicted octanol–water partition coefficient (Wildman–Crippen LogP) is 4.34. The number of rotatable bonds is 5. The summed E-state index contributed by atoms with van der Waals surface area (Å²) in [4.78, 5) is 14.2. The van der Waals surface area contributed by atoms with E-state index in [1.807, 2.05) is 6.92 Å². The van der Waals surface area contributed by atoms with E-state index in [0.717, 1.165) is 44.2 Å². The Morgan fingerprint density at radius 2 is 1.48 bits per heavy atom. The van der Waals surface area contributed by atoms with Gasteiger partial charge in [0.2, 0.25) is 5.95 Å². The van der Waals surface area contributed by atoms with Crippen molar-refractivity contribution in [2.45, 2.75) is 27.3 Å². The van der Waals surface area contributed by atoms with Crippen LogP contribution in [0.3, 0.4) is 0 Å². The molecule has 5 heteroatoms.